The summed E-state index contributed by atoms with van der Waals surface area (Å²) >= 11 is 0. The van der Waals surface area contributed by atoms with Crippen LogP contribution in [0.25, 0.3) is 0 Å². The summed E-state index contributed by atoms with van der Waals surface area (Å²) in [6.45, 7) is 4.32. The second-order valence-corrected chi connectivity index (χ2v) is 5.61. The highest BCUT2D eigenvalue weighted by molar-refractivity contribution is 5.95. The van der Waals surface area contributed by atoms with Crippen LogP contribution in [0.4, 0.5) is 11.4 Å². The first-order valence-electron chi connectivity index (χ1n) is 7.47. The molecule has 1 aromatic carbocycles. The zero-order chi connectivity index (χ0) is 17.9. The van der Waals surface area contributed by atoms with E-state index in [1.807, 2.05) is 25.5 Å². The third-order valence-electron chi connectivity index (χ3n) is 3.64. The fourth-order valence-electron chi connectivity index (χ4n) is 2.32. The molecule has 1 amide bonds. The van der Waals surface area contributed by atoms with Gasteiger partial charge in [0.05, 0.1) is 11.5 Å². The van der Waals surface area contributed by atoms with E-state index in [1.165, 1.54) is 25.2 Å². The minimum Gasteiger partial charge on any atom is -0.372 e. The predicted octanol–water partition coefficient (Wildman–Crippen LogP) is 1.82. The van der Waals surface area contributed by atoms with Crippen LogP contribution in [-0.2, 0) is 13.6 Å². The molecular formula is C15H20N6O3. The third kappa shape index (κ3) is 3.50. The molecule has 1 heterocycles. The van der Waals surface area contributed by atoms with Crippen LogP contribution in [-0.4, -0.2) is 32.6 Å². The predicted molar refractivity (Wildman–Crippen MR) is 88.9 cm³/mol. The topological polar surface area (TPSA) is 115 Å². The first kappa shape index (κ1) is 17.4. The molecule has 0 aliphatic heterocycles. The largest absolute Gasteiger partial charge is 0.372 e. The lowest BCUT2D eigenvalue weighted by Gasteiger charge is -2.09. The Hall–Kier alpha value is -2.97. The molecule has 0 spiro atoms. The number of nitrogens with zero attached hydrogens (tertiary/aromatic N) is 4. The third-order valence-corrected chi connectivity index (χ3v) is 3.64. The van der Waals surface area contributed by atoms with Crippen molar-refractivity contribution in [3.63, 3.8) is 0 Å². The molecule has 0 unspecified atom stereocenters. The van der Waals surface area contributed by atoms with Crippen molar-refractivity contribution >= 4 is 17.3 Å². The van der Waals surface area contributed by atoms with Crippen molar-refractivity contribution < 1.29 is 9.72 Å². The maximum atomic E-state index is 11.6. The van der Waals surface area contributed by atoms with Gasteiger partial charge in [0.25, 0.3) is 11.6 Å². The Balaban J connectivity index is 2.23. The number of nitro benzene ring substituents is 1. The summed E-state index contributed by atoms with van der Waals surface area (Å²) in [5.74, 6) is 1.37. The van der Waals surface area contributed by atoms with Crippen LogP contribution in [0, 0.1) is 10.1 Å². The Morgan fingerprint density at radius 1 is 1.38 bits per heavy atom. The Morgan fingerprint density at radius 3 is 2.62 bits per heavy atom. The van der Waals surface area contributed by atoms with E-state index in [-0.39, 0.29) is 29.6 Å². The highest BCUT2D eigenvalue weighted by Gasteiger charge is 2.18. The van der Waals surface area contributed by atoms with E-state index in [2.05, 4.69) is 20.8 Å². The van der Waals surface area contributed by atoms with Crippen molar-refractivity contribution in [2.75, 3.05) is 12.4 Å². The summed E-state index contributed by atoms with van der Waals surface area (Å²) in [6.07, 6.45) is 0. The van der Waals surface area contributed by atoms with Crippen molar-refractivity contribution in [2.24, 2.45) is 7.05 Å². The number of aromatic nitrogens is 3. The van der Waals surface area contributed by atoms with E-state index >= 15 is 0 Å². The molecule has 2 rings (SSSR count). The van der Waals surface area contributed by atoms with Gasteiger partial charge in [-0.15, -0.1) is 10.2 Å². The van der Waals surface area contributed by atoms with Gasteiger partial charge in [-0.2, -0.15) is 0 Å². The van der Waals surface area contributed by atoms with Crippen molar-refractivity contribution in [3.05, 3.63) is 45.5 Å². The number of hydrogen-bond donors (Lipinski definition) is 2. The van der Waals surface area contributed by atoms with Gasteiger partial charge in [-0.25, -0.2) is 0 Å². The highest BCUT2D eigenvalue weighted by Crippen LogP contribution is 2.26. The lowest BCUT2D eigenvalue weighted by molar-refractivity contribution is -0.384. The maximum Gasteiger partial charge on any atom is 0.293 e. The van der Waals surface area contributed by atoms with Crippen LogP contribution >= 0.6 is 0 Å². The summed E-state index contributed by atoms with van der Waals surface area (Å²) in [5.41, 5.74) is 0.389. The van der Waals surface area contributed by atoms with Crippen LogP contribution in [0.1, 0.15) is 41.8 Å². The Bertz CT molecular complexity index is 769. The van der Waals surface area contributed by atoms with Crippen molar-refractivity contribution in [1.82, 2.24) is 20.1 Å². The second kappa shape index (κ2) is 7.07. The van der Waals surface area contributed by atoms with Gasteiger partial charge in [0, 0.05) is 31.6 Å². The SMILES string of the molecule is CNC(=O)c1ccc(NCc2nnc(C(C)C)n2C)c([N+](=O)[O-])c1. The number of hydrogen-bond acceptors (Lipinski definition) is 6. The molecule has 0 aliphatic rings. The molecule has 1 aromatic heterocycles. The minimum atomic E-state index is -0.523. The monoisotopic (exact) mass is 332 g/mol. The number of amides is 1. The number of benzene rings is 1. The lowest BCUT2D eigenvalue weighted by atomic mass is 10.1. The van der Waals surface area contributed by atoms with E-state index in [0.29, 0.717) is 11.5 Å². The van der Waals surface area contributed by atoms with Gasteiger partial charge in [0.15, 0.2) is 5.82 Å². The molecule has 0 saturated heterocycles. The summed E-state index contributed by atoms with van der Waals surface area (Å²) in [4.78, 5) is 22.3. The zero-order valence-electron chi connectivity index (χ0n) is 14.0. The van der Waals surface area contributed by atoms with E-state index in [4.69, 9.17) is 0 Å². The van der Waals surface area contributed by atoms with E-state index < -0.39 is 4.92 Å². The summed E-state index contributed by atoms with van der Waals surface area (Å²) in [6, 6.07) is 4.30. The highest BCUT2D eigenvalue weighted by atomic mass is 16.6. The smallest absolute Gasteiger partial charge is 0.293 e. The molecule has 128 valence electrons. The molecule has 9 heteroatoms. The normalized spacial score (nSPS) is 10.7. The summed E-state index contributed by atoms with van der Waals surface area (Å²) in [5, 5.41) is 24.9. The van der Waals surface area contributed by atoms with E-state index in [0.717, 1.165) is 5.82 Å². The van der Waals surface area contributed by atoms with E-state index in [9.17, 15) is 14.9 Å². The number of nitro groups is 1. The summed E-state index contributed by atoms with van der Waals surface area (Å²) in [7, 11) is 3.33. The molecule has 24 heavy (non-hydrogen) atoms. The van der Waals surface area contributed by atoms with Gasteiger partial charge in [0.1, 0.15) is 11.5 Å². The molecule has 0 aliphatic carbocycles. The molecule has 0 radical (unpaired) electrons. The first-order valence-corrected chi connectivity index (χ1v) is 7.47. The Labute approximate surface area is 139 Å². The molecule has 0 atom stereocenters. The molecule has 0 saturated carbocycles. The molecule has 0 fully saturated rings. The van der Waals surface area contributed by atoms with Gasteiger partial charge in [-0.3, -0.25) is 14.9 Å². The Morgan fingerprint density at radius 2 is 2.08 bits per heavy atom. The molecular weight excluding hydrogens is 312 g/mol. The van der Waals surface area contributed by atoms with Crippen LogP contribution < -0.4 is 10.6 Å². The molecule has 2 N–H and O–H groups in total. The Kier molecular flexibility index (Phi) is 5.12. The van der Waals surface area contributed by atoms with Gasteiger partial charge in [-0.1, -0.05) is 13.8 Å². The molecule has 9 nitrogen and oxygen atoms in total. The van der Waals surface area contributed by atoms with Gasteiger partial charge >= 0.3 is 0 Å². The summed E-state index contributed by atoms with van der Waals surface area (Å²) < 4.78 is 1.86. The zero-order valence-corrected chi connectivity index (χ0v) is 14.0. The fraction of sp³-hybridized carbons (Fsp3) is 0.400. The van der Waals surface area contributed by atoms with E-state index in [1.54, 1.807) is 0 Å². The van der Waals surface area contributed by atoms with Crippen molar-refractivity contribution in [3.8, 4) is 0 Å². The molecule has 0 bridgehead atoms. The number of carbonyl (C=O) groups excluding carboxylic acids is 1. The van der Waals surface area contributed by atoms with Crippen LogP contribution in [0.15, 0.2) is 18.2 Å². The average Bonchev–Trinajstić information content (AvgIpc) is 2.92. The van der Waals surface area contributed by atoms with Crippen LogP contribution in [0.5, 0.6) is 0 Å². The standard InChI is InChI=1S/C15H20N6O3/c1-9(2)14-19-18-13(20(14)4)8-17-11-6-5-10(15(22)16-3)7-12(11)21(23)24/h5-7,9,17H,8H2,1-4H3,(H,16,22). The van der Waals surface area contributed by atoms with Crippen molar-refractivity contribution in [2.45, 2.75) is 26.3 Å². The number of carbonyl (C=O) groups is 1. The average molecular weight is 332 g/mol. The molecule has 2 aromatic rings. The fourth-order valence-corrected chi connectivity index (χ4v) is 2.32. The van der Waals surface area contributed by atoms with Gasteiger partial charge in [-0.05, 0) is 12.1 Å². The first-order chi connectivity index (χ1) is 11.3. The van der Waals surface area contributed by atoms with Crippen LogP contribution in [0.3, 0.4) is 0 Å². The minimum absolute atomic E-state index is 0.164. The number of nitrogens with one attached hydrogen (secondary N) is 2. The van der Waals surface area contributed by atoms with Crippen molar-refractivity contribution in [1.29, 1.82) is 0 Å². The second-order valence-electron chi connectivity index (χ2n) is 5.61. The lowest BCUT2D eigenvalue weighted by Crippen LogP contribution is -2.18. The van der Waals surface area contributed by atoms with Crippen LogP contribution in [0.2, 0.25) is 0 Å². The number of rotatable bonds is 6. The quantitative estimate of drug-likeness (QED) is 0.616. The van der Waals surface area contributed by atoms with Gasteiger partial charge < -0.3 is 15.2 Å². The maximum absolute atomic E-state index is 11.6. The van der Waals surface area contributed by atoms with Gasteiger partial charge in [0.2, 0.25) is 0 Å². The number of anilines is 1.